The van der Waals surface area contributed by atoms with Gasteiger partial charge < -0.3 is 9.73 Å². The fourth-order valence-electron chi connectivity index (χ4n) is 2.30. The maximum Gasteiger partial charge on any atom is 0.292 e. The third-order valence-electron chi connectivity index (χ3n) is 3.34. The monoisotopic (exact) mass is 314 g/mol. The second kappa shape index (κ2) is 5.88. The van der Waals surface area contributed by atoms with Gasteiger partial charge in [0, 0.05) is 17.0 Å². The highest BCUT2D eigenvalue weighted by Gasteiger charge is 2.16. The van der Waals surface area contributed by atoms with Crippen molar-refractivity contribution in [3.05, 3.63) is 70.2 Å². The minimum absolute atomic E-state index is 0.0809. The van der Waals surface area contributed by atoms with Crippen molar-refractivity contribution in [3.63, 3.8) is 0 Å². The summed E-state index contributed by atoms with van der Waals surface area (Å²) in [6.45, 7) is 0. The van der Waals surface area contributed by atoms with Gasteiger partial charge >= 0.3 is 0 Å². The lowest BCUT2D eigenvalue weighted by Crippen LogP contribution is -2.15. The summed E-state index contributed by atoms with van der Waals surface area (Å²) < 4.78 is 18.6. The van der Waals surface area contributed by atoms with Gasteiger partial charge in [0.2, 0.25) is 5.91 Å². The summed E-state index contributed by atoms with van der Waals surface area (Å²) in [5.74, 6) is -0.884. The number of nitro benzene ring substituents is 1. The van der Waals surface area contributed by atoms with E-state index in [1.54, 1.807) is 6.07 Å². The molecule has 0 unspecified atom stereocenters. The number of hydrogen-bond donors (Lipinski definition) is 1. The molecule has 0 aliphatic carbocycles. The molecule has 6 nitrogen and oxygen atoms in total. The number of carbonyl (C=O) groups excluding carboxylic acids is 1. The Bertz CT molecular complexity index is 904. The molecule has 0 saturated heterocycles. The standard InChI is InChI=1S/C16H11FN2O4/c17-11-5-6-15-12(8-11)10(9-23-15)7-16(20)18-13-3-1-2-4-14(13)19(21)22/h1-6,8-9H,7H2,(H,18,20). The smallest absolute Gasteiger partial charge is 0.292 e. The molecule has 0 fully saturated rings. The molecule has 0 saturated carbocycles. The molecular weight excluding hydrogens is 303 g/mol. The van der Waals surface area contributed by atoms with Crippen LogP contribution in [0.5, 0.6) is 0 Å². The van der Waals surface area contributed by atoms with E-state index in [9.17, 15) is 19.3 Å². The zero-order valence-corrected chi connectivity index (χ0v) is 11.8. The van der Waals surface area contributed by atoms with Crippen LogP contribution in [0.4, 0.5) is 15.8 Å². The second-order valence-electron chi connectivity index (χ2n) is 4.90. The average molecular weight is 314 g/mol. The summed E-state index contributed by atoms with van der Waals surface area (Å²) in [4.78, 5) is 22.5. The number of benzene rings is 2. The van der Waals surface area contributed by atoms with Gasteiger partial charge in [-0.3, -0.25) is 14.9 Å². The Morgan fingerprint density at radius 1 is 1.26 bits per heavy atom. The normalized spacial score (nSPS) is 10.7. The summed E-state index contributed by atoms with van der Waals surface area (Å²) in [5, 5.41) is 13.9. The Balaban J connectivity index is 1.82. The first-order valence-electron chi connectivity index (χ1n) is 6.73. The largest absolute Gasteiger partial charge is 0.464 e. The number of fused-ring (bicyclic) bond motifs is 1. The molecule has 1 aromatic heterocycles. The van der Waals surface area contributed by atoms with E-state index in [2.05, 4.69) is 5.32 Å². The number of carbonyl (C=O) groups is 1. The number of rotatable bonds is 4. The molecule has 3 rings (SSSR count). The van der Waals surface area contributed by atoms with Crippen LogP contribution in [0.15, 0.2) is 53.1 Å². The number of furan rings is 1. The average Bonchev–Trinajstić information content (AvgIpc) is 2.90. The van der Waals surface area contributed by atoms with E-state index in [0.717, 1.165) is 0 Å². The van der Waals surface area contributed by atoms with Crippen LogP contribution < -0.4 is 5.32 Å². The number of nitrogens with one attached hydrogen (secondary N) is 1. The summed E-state index contributed by atoms with van der Waals surface area (Å²) in [5.41, 5.74) is 0.904. The predicted molar refractivity (Wildman–Crippen MR) is 81.6 cm³/mol. The third kappa shape index (κ3) is 3.03. The van der Waals surface area contributed by atoms with Gasteiger partial charge in [-0.15, -0.1) is 0 Å². The maximum absolute atomic E-state index is 13.3. The van der Waals surface area contributed by atoms with Crippen molar-refractivity contribution >= 4 is 28.3 Å². The number of nitro groups is 1. The highest BCUT2D eigenvalue weighted by Crippen LogP contribution is 2.25. The molecule has 0 atom stereocenters. The zero-order chi connectivity index (χ0) is 16.4. The van der Waals surface area contributed by atoms with Crippen LogP contribution in [-0.4, -0.2) is 10.8 Å². The van der Waals surface area contributed by atoms with E-state index in [0.29, 0.717) is 16.5 Å². The van der Waals surface area contributed by atoms with Gasteiger partial charge in [0.15, 0.2) is 0 Å². The van der Waals surface area contributed by atoms with Crippen molar-refractivity contribution in [1.29, 1.82) is 0 Å². The lowest BCUT2D eigenvalue weighted by Gasteiger charge is -2.05. The maximum atomic E-state index is 13.3. The minimum Gasteiger partial charge on any atom is -0.464 e. The first-order valence-corrected chi connectivity index (χ1v) is 6.73. The van der Waals surface area contributed by atoms with Crippen molar-refractivity contribution in [2.75, 3.05) is 5.32 Å². The van der Waals surface area contributed by atoms with Crippen LogP contribution >= 0.6 is 0 Å². The minimum atomic E-state index is -0.571. The molecule has 23 heavy (non-hydrogen) atoms. The molecular formula is C16H11FN2O4. The predicted octanol–water partition coefficient (Wildman–Crippen LogP) is 3.66. The van der Waals surface area contributed by atoms with Gasteiger partial charge in [0.25, 0.3) is 5.69 Å². The lowest BCUT2D eigenvalue weighted by atomic mass is 10.1. The molecule has 7 heteroatoms. The Labute approximate surface area is 129 Å². The first-order chi connectivity index (χ1) is 11.0. The molecule has 3 aromatic rings. The van der Waals surface area contributed by atoms with Crippen LogP contribution in [0.3, 0.4) is 0 Å². The second-order valence-corrected chi connectivity index (χ2v) is 4.90. The van der Waals surface area contributed by atoms with E-state index >= 15 is 0 Å². The Kier molecular flexibility index (Phi) is 3.76. The van der Waals surface area contributed by atoms with Crippen molar-refractivity contribution in [2.45, 2.75) is 6.42 Å². The molecule has 1 heterocycles. The van der Waals surface area contributed by atoms with E-state index < -0.39 is 16.6 Å². The fraction of sp³-hybridized carbons (Fsp3) is 0.0625. The lowest BCUT2D eigenvalue weighted by molar-refractivity contribution is -0.383. The highest BCUT2D eigenvalue weighted by molar-refractivity contribution is 5.96. The molecule has 0 radical (unpaired) electrons. The summed E-state index contributed by atoms with van der Waals surface area (Å²) in [7, 11) is 0. The number of hydrogen-bond acceptors (Lipinski definition) is 4. The molecule has 1 N–H and O–H groups in total. The molecule has 0 spiro atoms. The van der Waals surface area contributed by atoms with E-state index in [4.69, 9.17) is 4.42 Å². The number of para-hydroxylation sites is 2. The zero-order valence-electron chi connectivity index (χ0n) is 11.8. The Morgan fingerprint density at radius 3 is 2.83 bits per heavy atom. The van der Waals surface area contributed by atoms with Crippen molar-refractivity contribution in [2.24, 2.45) is 0 Å². The number of halogens is 1. The number of anilines is 1. The SMILES string of the molecule is O=C(Cc1coc2ccc(F)cc12)Nc1ccccc1[N+](=O)[O-]. The van der Waals surface area contributed by atoms with Gasteiger partial charge in [-0.1, -0.05) is 12.1 Å². The van der Waals surface area contributed by atoms with Gasteiger partial charge in [0.1, 0.15) is 17.1 Å². The summed E-state index contributed by atoms with van der Waals surface area (Å²) >= 11 is 0. The molecule has 0 aliphatic rings. The Hall–Kier alpha value is -3.22. The van der Waals surface area contributed by atoms with Crippen molar-refractivity contribution in [3.8, 4) is 0 Å². The van der Waals surface area contributed by atoms with Crippen molar-refractivity contribution < 1.29 is 18.5 Å². The molecule has 2 aromatic carbocycles. The molecule has 116 valence electrons. The first kappa shape index (κ1) is 14.7. The molecule has 0 aliphatic heterocycles. The van der Waals surface area contributed by atoms with Gasteiger partial charge in [-0.2, -0.15) is 0 Å². The van der Waals surface area contributed by atoms with Crippen LogP contribution in [0, 0.1) is 15.9 Å². The van der Waals surface area contributed by atoms with Gasteiger partial charge in [-0.25, -0.2) is 4.39 Å². The third-order valence-corrected chi connectivity index (χ3v) is 3.34. The van der Waals surface area contributed by atoms with Crippen LogP contribution in [0.1, 0.15) is 5.56 Å². The van der Waals surface area contributed by atoms with E-state index in [1.807, 2.05) is 0 Å². The van der Waals surface area contributed by atoms with Gasteiger partial charge in [0.05, 0.1) is 17.6 Å². The van der Waals surface area contributed by atoms with E-state index in [-0.39, 0.29) is 17.8 Å². The fourth-order valence-corrected chi connectivity index (χ4v) is 2.30. The van der Waals surface area contributed by atoms with Crippen LogP contribution in [0.25, 0.3) is 11.0 Å². The summed E-state index contributed by atoms with van der Waals surface area (Å²) in [6, 6.07) is 9.89. The highest BCUT2D eigenvalue weighted by atomic mass is 19.1. The van der Waals surface area contributed by atoms with Gasteiger partial charge in [-0.05, 0) is 24.3 Å². The van der Waals surface area contributed by atoms with Crippen LogP contribution in [-0.2, 0) is 11.2 Å². The molecule has 0 bridgehead atoms. The quantitative estimate of drug-likeness (QED) is 0.588. The van der Waals surface area contributed by atoms with E-state index in [1.165, 1.54) is 42.7 Å². The van der Waals surface area contributed by atoms with Crippen molar-refractivity contribution in [1.82, 2.24) is 0 Å². The van der Waals surface area contributed by atoms with Crippen LogP contribution in [0.2, 0.25) is 0 Å². The number of nitrogens with zero attached hydrogens (tertiary/aromatic N) is 1. The number of amides is 1. The Morgan fingerprint density at radius 2 is 2.04 bits per heavy atom. The summed E-state index contributed by atoms with van der Waals surface area (Å²) in [6.07, 6.45) is 1.30. The molecule has 1 amide bonds. The topological polar surface area (TPSA) is 85.4 Å².